The van der Waals surface area contributed by atoms with Gasteiger partial charge in [-0.2, -0.15) is 5.10 Å². The van der Waals surface area contributed by atoms with Crippen LogP contribution in [0.2, 0.25) is 0 Å². The van der Waals surface area contributed by atoms with Crippen molar-refractivity contribution in [1.82, 2.24) is 15.4 Å². The van der Waals surface area contributed by atoms with Crippen LogP contribution in [0.15, 0.2) is 23.3 Å². The van der Waals surface area contributed by atoms with Crippen molar-refractivity contribution in [3.63, 3.8) is 0 Å². The minimum absolute atomic E-state index is 0.0934. The van der Waals surface area contributed by atoms with Crippen molar-refractivity contribution in [3.05, 3.63) is 29.8 Å². The van der Waals surface area contributed by atoms with Crippen LogP contribution in [0.25, 0.3) is 11.0 Å². The van der Waals surface area contributed by atoms with Crippen molar-refractivity contribution in [1.29, 1.82) is 0 Å². The summed E-state index contributed by atoms with van der Waals surface area (Å²) in [4.78, 5) is 18.5. The molecule has 0 aliphatic carbocycles. The Labute approximate surface area is 106 Å². The minimum Gasteiger partial charge on any atom is -0.337 e. The number of fused-ring (bicyclic) bond motifs is 1. The van der Waals surface area contributed by atoms with Crippen LogP contribution in [-0.2, 0) is 0 Å². The summed E-state index contributed by atoms with van der Waals surface area (Å²) in [6, 6.07) is 4.34. The molecule has 1 atom stereocenters. The Hall–Kier alpha value is -1.89. The largest absolute Gasteiger partial charge is 0.337 e. The van der Waals surface area contributed by atoms with E-state index in [2.05, 4.69) is 20.5 Å². The average Bonchev–Trinajstić information content (AvgIpc) is 2.71. The van der Waals surface area contributed by atoms with Crippen molar-refractivity contribution in [2.45, 2.75) is 12.2 Å². The fourth-order valence-electron chi connectivity index (χ4n) is 1.79. The molecule has 0 saturated carbocycles. The molecule has 0 spiro atoms. The predicted molar refractivity (Wildman–Crippen MR) is 68.2 cm³/mol. The molecule has 0 radical (unpaired) electrons. The molecule has 92 valence electrons. The highest BCUT2D eigenvalue weighted by Gasteiger charge is 2.24. The smallest absolute Gasteiger partial charge is 0.299 e. The van der Waals surface area contributed by atoms with Crippen LogP contribution in [0.3, 0.4) is 0 Å². The fourth-order valence-corrected chi connectivity index (χ4v) is 2.48. The van der Waals surface area contributed by atoms with E-state index in [1.54, 1.807) is 6.07 Å². The van der Waals surface area contributed by atoms with Gasteiger partial charge in [0.05, 0.1) is 16.3 Å². The van der Waals surface area contributed by atoms with Gasteiger partial charge in [0.15, 0.2) is 5.82 Å². The number of carbonyl (C=O) groups is 1. The SMILES string of the molecule is CC1SC(=O)NN=C1c1nc2ccc(F)cc2[nH]1. The number of carbonyl (C=O) groups excluding carboxylic acids is 1. The summed E-state index contributed by atoms with van der Waals surface area (Å²) < 4.78 is 13.1. The number of aromatic amines is 1. The number of rotatable bonds is 1. The Kier molecular flexibility index (Phi) is 2.55. The summed E-state index contributed by atoms with van der Waals surface area (Å²) >= 11 is 1.14. The Bertz CT molecular complexity index is 666. The molecular weight excluding hydrogens is 255 g/mol. The van der Waals surface area contributed by atoms with E-state index in [1.807, 2.05) is 6.92 Å². The molecular formula is C11H9FN4OS. The molecule has 1 amide bonds. The third-order valence-corrected chi connectivity index (χ3v) is 3.51. The molecule has 0 saturated heterocycles. The summed E-state index contributed by atoms with van der Waals surface area (Å²) in [5.41, 5.74) is 4.33. The van der Waals surface area contributed by atoms with Gasteiger partial charge >= 0.3 is 0 Å². The highest BCUT2D eigenvalue weighted by molar-refractivity contribution is 8.14. The Balaban J connectivity index is 2.07. The molecule has 1 aliphatic rings. The molecule has 1 aromatic carbocycles. The van der Waals surface area contributed by atoms with Crippen LogP contribution < -0.4 is 5.43 Å². The summed E-state index contributed by atoms with van der Waals surface area (Å²) in [6.45, 7) is 1.87. The second kappa shape index (κ2) is 4.09. The number of amides is 1. The van der Waals surface area contributed by atoms with Gasteiger partial charge in [-0.05, 0) is 25.1 Å². The molecule has 0 fully saturated rings. The number of aromatic nitrogens is 2. The van der Waals surface area contributed by atoms with Gasteiger partial charge in [0.25, 0.3) is 5.24 Å². The minimum atomic E-state index is -0.320. The van der Waals surface area contributed by atoms with Gasteiger partial charge in [-0.15, -0.1) is 0 Å². The molecule has 18 heavy (non-hydrogen) atoms. The average molecular weight is 264 g/mol. The van der Waals surface area contributed by atoms with Crippen LogP contribution in [0.4, 0.5) is 9.18 Å². The van der Waals surface area contributed by atoms with Crippen LogP contribution in [0.5, 0.6) is 0 Å². The topological polar surface area (TPSA) is 70.1 Å². The first-order chi connectivity index (χ1) is 8.63. The standard InChI is InChI=1S/C11H9FN4OS/c1-5-9(15-16-11(17)18-5)10-13-7-3-2-6(12)4-8(7)14-10/h2-5H,1H3,(H,13,14)(H,16,17). The van der Waals surface area contributed by atoms with Crippen molar-refractivity contribution in [2.24, 2.45) is 5.10 Å². The summed E-state index contributed by atoms with van der Waals surface area (Å²) in [5, 5.41) is 3.71. The normalized spacial score (nSPS) is 19.8. The quantitative estimate of drug-likeness (QED) is 0.830. The van der Waals surface area contributed by atoms with Gasteiger partial charge in [-0.1, -0.05) is 11.8 Å². The second-order valence-corrected chi connectivity index (χ2v) is 5.22. The first kappa shape index (κ1) is 11.2. The van der Waals surface area contributed by atoms with E-state index in [4.69, 9.17) is 0 Å². The molecule has 1 unspecified atom stereocenters. The van der Waals surface area contributed by atoms with Gasteiger partial charge < -0.3 is 4.98 Å². The lowest BCUT2D eigenvalue weighted by Crippen LogP contribution is -2.30. The Morgan fingerprint density at radius 3 is 3.06 bits per heavy atom. The van der Waals surface area contributed by atoms with Crippen molar-refractivity contribution < 1.29 is 9.18 Å². The van der Waals surface area contributed by atoms with Gasteiger partial charge in [-0.3, -0.25) is 4.79 Å². The third kappa shape index (κ3) is 1.86. The number of nitrogens with zero attached hydrogens (tertiary/aromatic N) is 2. The van der Waals surface area contributed by atoms with E-state index >= 15 is 0 Å². The lowest BCUT2D eigenvalue weighted by atomic mass is 10.3. The van der Waals surface area contributed by atoms with Crippen molar-refractivity contribution in [2.75, 3.05) is 0 Å². The summed E-state index contributed by atoms with van der Waals surface area (Å²) in [7, 11) is 0. The van der Waals surface area contributed by atoms with Crippen LogP contribution in [-0.4, -0.2) is 26.2 Å². The molecule has 1 aromatic heterocycles. The number of halogens is 1. The van der Waals surface area contributed by atoms with E-state index in [0.717, 1.165) is 11.8 Å². The molecule has 0 bridgehead atoms. The zero-order valence-corrected chi connectivity index (χ0v) is 10.2. The number of imidazole rings is 1. The van der Waals surface area contributed by atoms with Crippen molar-refractivity contribution in [3.8, 4) is 0 Å². The van der Waals surface area contributed by atoms with E-state index in [0.29, 0.717) is 22.6 Å². The number of H-pyrrole nitrogens is 1. The first-order valence-corrected chi connectivity index (χ1v) is 6.21. The van der Waals surface area contributed by atoms with Crippen LogP contribution >= 0.6 is 11.8 Å². The second-order valence-electron chi connectivity index (χ2n) is 3.90. The molecule has 7 heteroatoms. The van der Waals surface area contributed by atoms with Gasteiger partial charge in [-0.25, -0.2) is 14.8 Å². The number of thioether (sulfide) groups is 1. The molecule has 5 nitrogen and oxygen atoms in total. The molecule has 3 rings (SSSR count). The summed E-state index contributed by atoms with van der Waals surface area (Å²) in [5.74, 6) is 0.231. The highest BCUT2D eigenvalue weighted by atomic mass is 32.2. The highest BCUT2D eigenvalue weighted by Crippen LogP contribution is 2.21. The van der Waals surface area contributed by atoms with E-state index < -0.39 is 0 Å². The maximum atomic E-state index is 13.1. The third-order valence-electron chi connectivity index (χ3n) is 2.62. The monoisotopic (exact) mass is 264 g/mol. The molecule has 1 aliphatic heterocycles. The fraction of sp³-hybridized carbons (Fsp3) is 0.182. The van der Waals surface area contributed by atoms with Crippen molar-refractivity contribution >= 4 is 33.7 Å². The molecule has 2 aromatic rings. The van der Waals surface area contributed by atoms with E-state index in [-0.39, 0.29) is 16.3 Å². The molecule has 2 heterocycles. The summed E-state index contributed by atoms with van der Waals surface area (Å²) in [6.07, 6.45) is 0. The van der Waals surface area contributed by atoms with Gasteiger partial charge in [0.1, 0.15) is 11.5 Å². The Morgan fingerprint density at radius 2 is 2.28 bits per heavy atom. The predicted octanol–water partition coefficient (Wildman–Crippen LogP) is 2.25. The number of hydrogen-bond acceptors (Lipinski definition) is 4. The maximum Gasteiger partial charge on any atom is 0.299 e. The molecule has 2 N–H and O–H groups in total. The zero-order chi connectivity index (χ0) is 12.7. The number of hydrogen-bond donors (Lipinski definition) is 2. The van der Waals surface area contributed by atoms with E-state index in [9.17, 15) is 9.18 Å². The van der Waals surface area contributed by atoms with Crippen LogP contribution in [0.1, 0.15) is 12.7 Å². The van der Waals surface area contributed by atoms with E-state index in [1.165, 1.54) is 12.1 Å². The zero-order valence-electron chi connectivity index (χ0n) is 9.40. The maximum absolute atomic E-state index is 13.1. The number of nitrogens with one attached hydrogen (secondary N) is 2. The Morgan fingerprint density at radius 1 is 1.44 bits per heavy atom. The van der Waals surface area contributed by atoms with Crippen LogP contribution in [0, 0.1) is 5.82 Å². The van der Waals surface area contributed by atoms with Gasteiger partial charge in [0.2, 0.25) is 0 Å². The lowest BCUT2D eigenvalue weighted by molar-refractivity contribution is 0.261. The first-order valence-electron chi connectivity index (χ1n) is 5.33. The lowest BCUT2D eigenvalue weighted by Gasteiger charge is -2.16. The van der Waals surface area contributed by atoms with Gasteiger partial charge in [0, 0.05) is 0 Å². The number of hydrazone groups is 1. The number of benzene rings is 1.